The minimum absolute atomic E-state index is 0.259. The molecule has 2 N–H and O–H groups in total. The van der Waals surface area contributed by atoms with Crippen LogP contribution in [-0.2, 0) is 0 Å². The first-order chi connectivity index (χ1) is 9.53. The summed E-state index contributed by atoms with van der Waals surface area (Å²) < 4.78 is 11.0. The molecule has 20 heavy (non-hydrogen) atoms. The first-order valence-corrected chi connectivity index (χ1v) is 7.20. The Hall–Kier alpha value is -1.27. The van der Waals surface area contributed by atoms with E-state index in [-0.39, 0.29) is 5.91 Å². The van der Waals surface area contributed by atoms with Gasteiger partial charge in [-0.2, -0.15) is 0 Å². The number of carbonyl (C=O) groups is 1. The zero-order chi connectivity index (χ0) is 15.1. The van der Waals surface area contributed by atoms with E-state index >= 15 is 0 Å². The molecule has 5 nitrogen and oxygen atoms in total. The molecular weight excluding hydrogens is 326 g/mol. The number of amides is 1. The number of halogens is 1. The normalized spacial score (nSPS) is 11.8. The summed E-state index contributed by atoms with van der Waals surface area (Å²) in [6.07, 6.45) is 0.800. The van der Waals surface area contributed by atoms with Crippen LogP contribution in [0.25, 0.3) is 0 Å². The number of benzene rings is 1. The van der Waals surface area contributed by atoms with Crippen molar-refractivity contribution in [2.45, 2.75) is 25.9 Å². The van der Waals surface area contributed by atoms with Crippen molar-refractivity contribution in [3.63, 3.8) is 0 Å². The molecule has 1 aromatic carbocycles. The van der Waals surface area contributed by atoms with Crippen molar-refractivity contribution in [3.8, 4) is 11.5 Å². The fraction of sp³-hybridized carbons (Fsp3) is 0.500. The molecule has 0 saturated carbocycles. The number of carbonyl (C=O) groups excluding carboxylic acids is 1. The average Bonchev–Trinajstić information content (AvgIpc) is 2.45. The van der Waals surface area contributed by atoms with Gasteiger partial charge in [0.1, 0.15) is 11.5 Å². The van der Waals surface area contributed by atoms with E-state index in [1.165, 1.54) is 14.2 Å². The Morgan fingerprint density at radius 2 is 2.10 bits per heavy atom. The molecular formula is C14H20BrNO4. The number of hydrogen-bond acceptors (Lipinski definition) is 4. The number of methoxy groups -OCH3 is 2. The standard InChI is InChI=1S/C14H20BrNO4/c1-4-9(17)5-6-16-14(18)11-7-10(19-2)8-12(15)13(11)20-3/h7-9,17H,4-6H2,1-3H3,(H,16,18). The number of ether oxygens (including phenoxy) is 2. The van der Waals surface area contributed by atoms with Gasteiger partial charge in [-0.3, -0.25) is 4.79 Å². The van der Waals surface area contributed by atoms with Crippen molar-refractivity contribution >= 4 is 21.8 Å². The number of hydrogen-bond donors (Lipinski definition) is 2. The fourth-order valence-electron chi connectivity index (χ4n) is 1.71. The average molecular weight is 346 g/mol. The summed E-state index contributed by atoms with van der Waals surface area (Å²) in [5, 5.41) is 12.2. The third-order valence-electron chi connectivity index (χ3n) is 2.94. The summed E-state index contributed by atoms with van der Waals surface area (Å²) in [6, 6.07) is 3.35. The predicted molar refractivity (Wildman–Crippen MR) is 80.5 cm³/mol. The Balaban J connectivity index is 2.83. The van der Waals surface area contributed by atoms with Gasteiger partial charge in [-0.1, -0.05) is 6.92 Å². The van der Waals surface area contributed by atoms with Crippen LogP contribution in [0.3, 0.4) is 0 Å². The number of aliphatic hydroxyl groups excluding tert-OH is 1. The lowest BCUT2D eigenvalue weighted by Crippen LogP contribution is -2.27. The van der Waals surface area contributed by atoms with E-state index < -0.39 is 6.10 Å². The molecule has 112 valence electrons. The highest BCUT2D eigenvalue weighted by Gasteiger charge is 2.17. The van der Waals surface area contributed by atoms with Gasteiger partial charge in [0, 0.05) is 6.54 Å². The van der Waals surface area contributed by atoms with Crippen LogP contribution in [0.5, 0.6) is 11.5 Å². The van der Waals surface area contributed by atoms with Gasteiger partial charge >= 0.3 is 0 Å². The molecule has 6 heteroatoms. The summed E-state index contributed by atoms with van der Waals surface area (Å²) in [5.41, 5.74) is 0.393. The molecule has 0 heterocycles. The van der Waals surface area contributed by atoms with Crippen molar-refractivity contribution in [1.82, 2.24) is 5.32 Å². The first-order valence-electron chi connectivity index (χ1n) is 6.41. The summed E-state index contributed by atoms with van der Waals surface area (Å²) in [4.78, 5) is 12.2. The molecule has 1 unspecified atom stereocenters. The van der Waals surface area contributed by atoms with Gasteiger partial charge in [0.05, 0.1) is 30.4 Å². The first kappa shape index (κ1) is 16.8. The molecule has 0 aliphatic carbocycles. The van der Waals surface area contributed by atoms with Gasteiger partial charge < -0.3 is 19.9 Å². The third-order valence-corrected chi connectivity index (χ3v) is 3.52. The lowest BCUT2D eigenvalue weighted by Gasteiger charge is -2.13. The Morgan fingerprint density at radius 1 is 1.40 bits per heavy atom. The zero-order valence-electron chi connectivity index (χ0n) is 11.9. The highest BCUT2D eigenvalue weighted by atomic mass is 79.9. The van der Waals surface area contributed by atoms with Crippen molar-refractivity contribution in [3.05, 3.63) is 22.2 Å². The van der Waals surface area contributed by atoms with Crippen LogP contribution in [0.2, 0.25) is 0 Å². The van der Waals surface area contributed by atoms with Crippen LogP contribution < -0.4 is 14.8 Å². The maximum Gasteiger partial charge on any atom is 0.255 e. The lowest BCUT2D eigenvalue weighted by atomic mass is 10.1. The van der Waals surface area contributed by atoms with Crippen LogP contribution in [0, 0.1) is 0 Å². The second-order valence-corrected chi connectivity index (χ2v) is 5.15. The Morgan fingerprint density at radius 3 is 2.65 bits per heavy atom. The fourth-order valence-corrected chi connectivity index (χ4v) is 2.32. The Labute approximate surface area is 127 Å². The molecule has 1 aromatic rings. The summed E-state index contributed by atoms with van der Waals surface area (Å²) in [5.74, 6) is 0.764. The molecule has 0 aromatic heterocycles. The highest BCUT2D eigenvalue weighted by molar-refractivity contribution is 9.10. The molecule has 0 spiro atoms. The SMILES string of the molecule is CCC(O)CCNC(=O)c1cc(OC)cc(Br)c1OC. The number of nitrogens with one attached hydrogen (secondary N) is 1. The van der Waals surface area contributed by atoms with Crippen LogP contribution >= 0.6 is 15.9 Å². The van der Waals surface area contributed by atoms with Gasteiger partial charge in [0.2, 0.25) is 0 Å². The lowest BCUT2D eigenvalue weighted by molar-refractivity contribution is 0.0938. The topological polar surface area (TPSA) is 67.8 Å². The van der Waals surface area contributed by atoms with Gasteiger partial charge in [-0.05, 0) is 40.9 Å². The van der Waals surface area contributed by atoms with Crippen LogP contribution in [0.1, 0.15) is 30.1 Å². The van der Waals surface area contributed by atoms with Crippen molar-refractivity contribution < 1.29 is 19.4 Å². The van der Waals surface area contributed by atoms with E-state index in [2.05, 4.69) is 21.2 Å². The number of aliphatic hydroxyl groups is 1. The Kier molecular flexibility index (Phi) is 6.81. The molecule has 0 saturated heterocycles. The van der Waals surface area contributed by atoms with Gasteiger partial charge in [-0.25, -0.2) is 0 Å². The van der Waals surface area contributed by atoms with E-state index in [0.717, 1.165) is 0 Å². The molecule has 0 bridgehead atoms. The van der Waals surface area contributed by atoms with Crippen LogP contribution in [0.15, 0.2) is 16.6 Å². The van der Waals surface area contributed by atoms with E-state index in [0.29, 0.717) is 40.9 Å². The zero-order valence-corrected chi connectivity index (χ0v) is 13.5. The molecule has 1 atom stereocenters. The Bertz CT molecular complexity index is 465. The second-order valence-electron chi connectivity index (χ2n) is 4.30. The highest BCUT2D eigenvalue weighted by Crippen LogP contribution is 2.33. The largest absolute Gasteiger partial charge is 0.497 e. The van der Waals surface area contributed by atoms with E-state index in [1.807, 2.05) is 6.92 Å². The maximum absolute atomic E-state index is 12.2. The molecule has 0 radical (unpaired) electrons. The number of rotatable bonds is 7. The van der Waals surface area contributed by atoms with E-state index in [1.54, 1.807) is 12.1 Å². The van der Waals surface area contributed by atoms with Crippen molar-refractivity contribution in [1.29, 1.82) is 0 Å². The second kappa shape index (κ2) is 8.11. The quantitative estimate of drug-likeness (QED) is 0.795. The summed E-state index contributed by atoms with van der Waals surface area (Å²) >= 11 is 3.34. The minimum Gasteiger partial charge on any atom is -0.497 e. The smallest absolute Gasteiger partial charge is 0.255 e. The molecule has 0 fully saturated rings. The van der Waals surface area contributed by atoms with Gasteiger partial charge in [0.25, 0.3) is 5.91 Å². The van der Waals surface area contributed by atoms with Crippen LogP contribution in [-0.4, -0.2) is 37.9 Å². The van der Waals surface area contributed by atoms with Crippen LogP contribution in [0.4, 0.5) is 0 Å². The van der Waals surface area contributed by atoms with Gasteiger partial charge in [-0.15, -0.1) is 0 Å². The predicted octanol–water partition coefficient (Wildman–Crippen LogP) is 2.36. The van der Waals surface area contributed by atoms with E-state index in [9.17, 15) is 9.90 Å². The summed E-state index contributed by atoms with van der Waals surface area (Å²) in [6.45, 7) is 2.31. The molecule has 1 amide bonds. The molecule has 1 rings (SSSR count). The van der Waals surface area contributed by atoms with Gasteiger partial charge in [0.15, 0.2) is 0 Å². The monoisotopic (exact) mass is 345 g/mol. The third kappa shape index (κ3) is 4.38. The maximum atomic E-state index is 12.2. The van der Waals surface area contributed by atoms with Crippen molar-refractivity contribution in [2.75, 3.05) is 20.8 Å². The summed E-state index contributed by atoms with van der Waals surface area (Å²) in [7, 11) is 3.04. The minimum atomic E-state index is -0.394. The molecule has 0 aliphatic heterocycles. The van der Waals surface area contributed by atoms with E-state index in [4.69, 9.17) is 9.47 Å². The van der Waals surface area contributed by atoms with Crippen molar-refractivity contribution in [2.24, 2.45) is 0 Å². The molecule has 0 aliphatic rings.